The molecule has 4 aliphatic rings. The van der Waals surface area contributed by atoms with Crippen LogP contribution in [-0.4, -0.2) is 76.6 Å². The van der Waals surface area contributed by atoms with Gasteiger partial charge in [-0.1, -0.05) is 6.07 Å². The summed E-state index contributed by atoms with van der Waals surface area (Å²) in [5.74, 6) is 3.00. The van der Waals surface area contributed by atoms with E-state index in [4.69, 9.17) is 19.2 Å². The maximum absolute atomic E-state index is 9.75. The van der Waals surface area contributed by atoms with Crippen molar-refractivity contribution in [2.24, 2.45) is 5.92 Å². The molecule has 42 heavy (non-hydrogen) atoms. The van der Waals surface area contributed by atoms with Gasteiger partial charge in [-0.15, -0.1) is 0 Å². The smallest absolute Gasteiger partial charge is 0.212 e. The fourth-order valence-corrected chi connectivity index (χ4v) is 6.56. The van der Waals surface area contributed by atoms with Crippen LogP contribution in [0.15, 0.2) is 55.1 Å². The average molecular weight is 566 g/mol. The number of methoxy groups -OCH3 is 1. The Bertz CT molecular complexity index is 1560. The first-order chi connectivity index (χ1) is 20.7. The Labute approximate surface area is 245 Å². The maximum atomic E-state index is 9.75. The molecule has 2 unspecified atom stereocenters. The highest BCUT2D eigenvalue weighted by Crippen LogP contribution is 2.36. The Morgan fingerprint density at radius 1 is 1.05 bits per heavy atom. The van der Waals surface area contributed by atoms with Crippen LogP contribution in [-0.2, 0) is 11.3 Å². The number of ether oxygens (including phenoxy) is 3. The summed E-state index contributed by atoms with van der Waals surface area (Å²) in [5.41, 5.74) is 4.34. The van der Waals surface area contributed by atoms with Crippen molar-refractivity contribution in [2.75, 3.05) is 44.9 Å². The molecule has 4 aliphatic heterocycles. The van der Waals surface area contributed by atoms with Gasteiger partial charge in [0.2, 0.25) is 5.88 Å². The zero-order valence-electron chi connectivity index (χ0n) is 23.9. The van der Waals surface area contributed by atoms with Crippen molar-refractivity contribution in [1.82, 2.24) is 24.5 Å². The molecule has 0 N–H and O–H groups in total. The average Bonchev–Trinajstić information content (AvgIpc) is 3.47. The molecule has 4 fully saturated rings. The monoisotopic (exact) mass is 565 g/mol. The number of nitrogens with zero attached hydrogens (tertiary/aromatic N) is 7. The molecule has 10 heteroatoms. The summed E-state index contributed by atoms with van der Waals surface area (Å²) in [4.78, 5) is 14.2. The molecule has 0 aliphatic carbocycles. The van der Waals surface area contributed by atoms with Crippen molar-refractivity contribution in [3.63, 3.8) is 0 Å². The van der Waals surface area contributed by atoms with E-state index in [0.29, 0.717) is 36.1 Å². The minimum atomic E-state index is 0.506. The molecule has 10 nitrogen and oxygen atoms in total. The Kier molecular flexibility index (Phi) is 7.36. The Hall–Kier alpha value is -4.20. The lowest BCUT2D eigenvalue weighted by molar-refractivity contribution is -0.00876. The van der Waals surface area contributed by atoms with Gasteiger partial charge in [0.1, 0.15) is 17.6 Å². The third-order valence-corrected chi connectivity index (χ3v) is 8.94. The highest BCUT2D eigenvalue weighted by Gasteiger charge is 2.44. The highest BCUT2D eigenvalue weighted by atomic mass is 16.5. The normalized spacial score (nSPS) is 20.7. The lowest BCUT2D eigenvalue weighted by Gasteiger charge is -2.56. The molecule has 216 valence electrons. The van der Waals surface area contributed by atoms with Crippen LogP contribution in [0.3, 0.4) is 0 Å². The molecule has 4 saturated heterocycles. The van der Waals surface area contributed by atoms with Crippen LogP contribution in [0.5, 0.6) is 11.6 Å². The molecular weight excluding hydrogens is 530 g/mol. The number of fused-ring (bicyclic) bond motifs is 3. The van der Waals surface area contributed by atoms with Crippen molar-refractivity contribution >= 4 is 11.3 Å². The van der Waals surface area contributed by atoms with Crippen LogP contribution in [0.25, 0.3) is 16.6 Å². The van der Waals surface area contributed by atoms with E-state index >= 15 is 0 Å². The standard InChI is InChI=1S/C32H35N7O3/c1-40-31-5-2-23(15-35-31)18-38-26-12-27(38)20-37(19-26)30-4-3-24(16-34-30)29-13-28(21-39-32(29)25(14-33)17-36-39)42-11-8-22-6-9-41-10-7-22/h2-5,13,15-17,21-22,26-27H,6-12,18-20H2,1H3. The third-order valence-electron chi connectivity index (χ3n) is 8.94. The Morgan fingerprint density at radius 3 is 2.62 bits per heavy atom. The van der Waals surface area contributed by atoms with Crippen LogP contribution in [0.2, 0.25) is 0 Å². The molecule has 8 heterocycles. The van der Waals surface area contributed by atoms with Gasteiger partial charge in [-0.05, 0) is 55.4 Å². The number of piperazine rings is 1. The van der Waals surface area contributed by atoms with Crippen molar-refractivity contribution in [3.8, 4) is 28.8 Å². The minimum Gasteiger partial charge on any atom is -0.492 e. The first-order valence-corrected chi connectivity index (χ1v) is 14.8. The van der Waals surface area contributed by atoms with E-state index in [2.05, 4.69) is 44.2 Å². The summed E-state index contributed by atoms with van der Waals surface area (Å²) < 4.78 is 18.6. The van der Waals surface area contributed by atoms with Gasteiger partial charge in [0.05, 0.1) is 37.2 Å². The summed E-state index contributed by atoms with van der Waals surface area (Å²) in [5, 5.41) is 14.2. The molecule has 8 rings (SSSR count). The molecule has 4 aromatic heterocycles. The molecule has 0 radical (unpaired) electrons. The number of nitriles is 1. The van der Waals surface area contributed by atoms with E-state index in [0.717, 1.165) is 80.3 Å². The van der Waals surface area contributed by atoms with Crippen molar-refractivity contribution in [1.29, 1.82) is 5.26 Å². The van der Waals surface area contributed by atoms with Crippen LogP contribution < -0.4 is 14.4 Å². The lowest BCUT2D eigenvalue weighted by atomic mass is 9.87. The lowest BCUT2D eigenvalue weighted by Crippen LogP contribution is -2.68. The van der Waals surface area contributed by atoms with Crippen LogP contribution >= 0.6 is 0 Å². The quantitative estimate of drug-likeness (QED) is 0.294. The maximum Gasteiger partial charge on any atom is 0.212 e. The van der Waals surface area contributed by atoms with Gasteiger partial charge < -0.3 is 19.1 Å². The van der Waals surface area contributed by atoms with Gasteiger partial charge in [0.25, 0.3) is 0 Å². The number of hydrogen-bond donors (Lipinski definition) is 0. The summed E-state index contributed by atoms with van der Waals surface area (Å²) in [7, 11) is 1.64. The fraction of sp³-hybridized carbons (Fsp3) is 0.438. The summed E-state index contributed by atoms with van der Waals surface area (Å²) in [6.45, 7) is 5.13. The van der Waals surface area contributed by atoms with E-state index in [1.165, 1.54) is 12.0 Å². The van der Waals surface area contributed by atoms with E-state index in [9.17, 15) is 5.26 Å². The number of hydrogen-bond acceptors (Lipinski definition) is 9. The van der Waals surface area contributed by atoms with Crippen molar-refractivity contribution < 1.29 is 14.2 Å². The second-order valence-electron chi connectivity index (χ2n) is 11.5. The van der Waals surface area contributed by atoms with Gasteiger partial charge in [0.15, 0.2) is 0 Å². The van der Waals surface area contributed by atoms with E-state index in [1.54, 1.807) is 17.8 Å². The Morgan fingerprint density at radius 2 is 1.90 bits per heavy atom. The van der Waals surface area contributed by atoms with Crippen LogP contribution in [0.1, 0.15) is 36.8 Å². The molecule has 2 bridgehead atoms. The Balaban J connectivity index is 1.05. The number of pyridine rings is 3. The second kappa shape index (κ2) is 11.6. The zero-order valence-corrected chi connectivity index (χ0v) is 23.9. The van der Waals surface area contributed by atoms with Gasteiger partial charge in [-0.2, -0.15) is 10.4 Å². The number of anilines is 1. The molecule has 0 spiro atoms. The predicted octanol–water partition coefficient (Wildman–Crippen LogP) is 4.33. The van der Waals surface area contributed by atoms with E-state index < -0.39 is 0 Å². The molecule has 4 aromatic rings. The van der Waals surface area contributed by atoms with E-state index in [-0.39, 0.29) is 0 Å². The molecular formula is C32H35N7O3. The first-order valence-electron chi connectivity index (χ1n) is 14.8. The highest BCUT2D eigenvalue weighted by molar-refractivity contribution is 5.85. The molecule has 0 aromatic carbocycles. The second-order valence-corrected chi connectivity index (χ2v) is 11.5. The molecule has 2 atom stereocenters. The predicted molar refractivity (Wildman–Crippen MR) is 158 cm³/mol. The summed E-state index contributed by atoms with van der Waals surface area (Å²) in [6.07, 6.45) is 11.7. The van der Waals surface area contributed by atoms with Crippen molar-refractivity contribution in [2.45, 2.75) is 44.3 Å². The van der Waals surface area contributed by atoms with E-state index in [1.807, 2.05) is 30.7 Å². The fourth-order valence-electron chi connectivity index (χ4n) is 6.56. The topological polar surface area (TPSA) is 101 Å². The number of piperidine rings is 1. The SMILES string of the molecule is COc1ccc(CN2C3CC2CN(c2ccc(-c4cc(OCCC5CCOCC5)cn5ncc(C#N)c45)cn2)C3)cn1. The van der Waals surface area contributed by atoms with Gasteiger partial charge in [0, 0.05) is 74.5 Å². The number of rotatable bonds is 9. The largest absolute Gasteiger partial charge is 0.492 e. The molecule has 0 amide bonds. The van der Waals surface area contributed by atoms with Crippen LogP contribution in [0.4, 0.5) is 5.82 Å². The first kappa shape index (κ1) is 26.7. The minimum absolute atomic E-state index is 0.506. The van der Waals surface area contributed by atoms with Gasteiger partial charge in [-0.25, -0.2) is 14.5 Å². The third kappa shape index (κ3) is 5.26. The molecule has 0 saturated carbocycles. The number of aromatic nitrogens is 4. The van der Waals surface area contributed by atoms with Crippen LogP contribution in [0, 0.1) is 17.2 Å². The summed E-state index contributed by atoms with van der Waals surface area (Å²) in [6, 6.07) is 13.5. The summed E-state index contributed by atoms with van der Waals surface area (Å²) >= 11 is 0. The zero-order chi connectivity index (χ0) is 28.5. The van der Waals surface area contributed by atoms with Gasteiger partial charge >= 0.3 is 0 Å². The van der Waals surface area contributed by atoms with Gasteiger partial charge in [-0.3, -0.25) is 4.90 Å². The van der Waals surface area contributed by atoms with Crippen molar-refractivity contribution in [3.05, 3.63) is 66.2 Å².